The zero-order valence-corrected chi connectivity index (χ0v) is 21.3. The van der Waals surface area contributed by atoms with E-state index in [-0.39, 0.29) is 36.5 Å². The maximum Gasteiger partial charge on any atom is 0.373 e. The Morgan fingerprint density at radius 1 is 1.22 bits per heavy atom. The molecule has 1 saturated heterocycles. The van der Waals surface area contributed by atoms with Gasteiger partial charge in [0.2, 0.25) is 11.8 Å². The number of carbonyl (C=O) groups is 2. The third-order valence-electron chi connectivity index (χ3n) is 7.16. The van der Waals surface area contributed by atoms with Crippen LogP contribution in [-0.4, -0.2) is 53.6 Å². The second-order valence-electron chi connectivity index (χ2n) is 10.1. The van der Waals surface area contributed by atoms with Gasteiger partial charge in [-0.1, -0.05) is 32.8 Å². The predicted octanol–water partition coefficient (Wildman–Crippen LogP) is 3.24. The number of nitrogen functional groups attached to an aromatic ring is 1. The summed E-state index contributed by atoms with van der Waals surface area (Å²) in [5.74, 6) is 0.791. The lowest BCUT2D eigenvalue weighted by Crippen LogP contribution is -2.54. The van der Waals surface area contributed by atoms with Crippen LogP contribution in [0, 0.1) is 18.3 Å². The van der Waals surface area contributed by atoms with E-state index < -0.39 is 5.41 Å². The van der Waals surface area contributed by atoms with Gasteiger partial charge in [-0.3, -0.25) is 14.6 Å². The molecule has 2 aliphatic rings. The number of amides is 2. The summed E-state index contributed by atoms with van der Waals surface area (Å²) in [5, 5.41) is 4.07. The first-order valence-corrected chi connectivity index (χ1v) is 12.6. The molecular formula is C27H36N4O5. The van der Waals surface area contributed by atoms with Crippen LogP contribution >= 0.6 is 0 Å². The Hall–Kier alpha value is -3.45. The van der Waals surface area contributed by atoms with Gasteiger partial charge in [-0.15, -0.1) is 0 Å². The molecule has 0 atom stereocenters. The van der Waals surface area contributed by atoms with Crippen molar-refractivity contribution in [3.05, 3.63) is 30.0 Å². The summed E-state index contributed by atoms with van der Waals surface area (Å²) in [5.41, 5.74) is 7.89. The molecule has 1 aliphatic carbocycles. The molecular weight excluding hydrogens is 460 g/mol. The molecule has 1 aromatic carbocycles. The molecule has 0 unspecified atom stereocenters. The Bertz CT molecular complexity index is 1110. The topological polar surface area (TPSA) is 132 Å². The van der Waals surface area contributed by atoms with Crippen molar-refractivity contribution in [2.45, 2.75) is 65.3 Å². The number of aromatic nitrogens is 1. The van der Waals surface area contributed by atoms with Crippen molar-refractivity contribution in [2.75, 3.05) is 25.4 Å². The number of ether oxygens (including phenoxy) is 1. The van der Waals surface area contributed by atoms with E-state index in [1.54, 1.807) is 0 Å². The number of piperidine rings is 1. The maximum atomic E-state index is 13.6. The summed E-state index contributed by atoms with van der Waals surface area (Å²) >= 11 is 0. The largest absolute Gasteiger partial charge is 0.492 e. The molecule has 0 bridgehead atoms. The van der Waals surface area contributed by atoms with Gasteiger partial charge in [0, 0.05) is 36.4 Å². The molecule has 2 heterocycles. The maximum absolute atomic E-state index is 13.6. The SMILES string of the molecule is Cc1cc(N)c2c(OCC3(C(=O)NC4CCCC4)CCN(C(=O)C(C)C)CC3)cccc2n1.O=C=O. The summed E-state index contributed by atoms with van der Waals surface area (Å²) in [6, 6.07) is 7.79. The Labute approximate surface area is 211 Å². The van der Waals surface area contributed by atoms with Crippen molar-refractivity contribution in [3.8, 4) is 5.75 Å². The number of likely N-dealkylation sites (tertiary alicyclic amines) is 1. The minimum Gasteiger partial charge on any atom is -0.492 e. The van der Waals surface area contributed by atoms with Crippen LogP contribution in [0.2, 0.25) is 0 Å². The number of pyridine rings is 1. The number of nitrogens with two attached hydrogens (primary N) is 1. The van der Waals surface area contributed by atoms with Gasteiger partial charge in [-0.05, 0) is 50.8 Å². The molecule has 36 heavy (non-hydrogen) atoms. The molecule has 1 saturated carbocycles. The zero-order valence-electron chi connectivity index (χ0n) is 21.3. The number of benzene rings is 1. The van der Waals surface area contributed by atoms with E-state index in [0.717, 1.165) is 42.3 Å². The van der Waals surface area contributed by atoms with Gasteiger partial charge in [-0.2, -0.15) is 9.59 Å². The van der Waals surface area contributed by atoms with Crippen LogP contribution in [0.4, 0.5) is 5.69 Å². The van der Waals surface area contributed by atoms with Crippen LogP contribution in [0.5, 0.6) is 5.75 Å². The summed E-state index contributed by atoms with van der Waals surface area (Å²) in [6.45, 7) is 7.13. The number of anilines is 1. The molecule has 2 fully saturated rings. The van der Waals surface area contributed by atoms with Crippen LogP contribution < -0.4 is 15.8 Å². The number of nitrogens with zero attached hydrogens (tertiary/aromatic N) is 2. The number of rotatable bonds is 6. The monoisotopic (exact) mass is 496 g/mol. The average Bonchev–Trinajstić information content (AvgIpc) is 3.35. The van der Waals surface area contributed by atoms with Gasteiger partial charge in [0.05, 0.1) is 16.3 Å². The molecule has 1 aromatic heterocycles. The highest BCUT2D eigenvalue weighted by molar-refractivity contribution is 5.95. The van der Waals surface area contributed by atoms with E-state index in [1.807, 2.05) is 49.9 Å². The molecule has 2 amide bonds. The number of carbonyl (C=O) groups excluding carboxylic acids is 4. The minimum absolute atomic E-state index is 0.0457. The molecule has 0 radical (unpaired) electrons. The summed E-state index contributed by atoms with van der Waals surface area (Å²) < 4.78 is 6.33. The van der Waals surface area contributed by atoms with E-state index in [2.05, 4.69) is 10.3 Å². The van der Waals surface area contributed by atoms with Gasteiger partial charge >= 0.3 is 6.15 Å². The fraction of sp³-hybridized carbons (Fsp3) is 0.556. The van der Waals surface area contributed by atoms with E-state index in [9.17, 15) is 9.59 Å². The van der Waals surface area contributed by atoms with Gasteiger partial charge in [0.1, 0.15) is 12.4 Å². The van der Waals surface area contributed by atoms with Gasteiger partial charge in [0.15, 0.2) is 0 Å². The third kappa shape index (κ3) is 6.21. The fourth-order valence-corrected chi connectivity index (χ4v) is 5.12. The van der Waals surface area contributed by atoms with Gasteiger partial charge in [0.25, 0.3) is 0 Å². The molecule has 9 nitrogen and oxygen atoms in total. The fourth-order valence-electron chi connectivity index (χ4n) is 5.12. The first kappa shape index (κ1) is 27.1. The highest BCUT2D eigenvalue weighted by Gasteiger charge is 2.44. The molecule has 9 heteroatoms. The second-order valence-corrected chi connectivity index (χ2v) is 10.1. The summed E-state index contributed by atoms with van der Waals surface area (Å²) in [4.78, 5) is 48.8. The standard InChI is InChI=1S/C26H36N4O3.CO2/c1-17(2)24(31)30-13-11-26(12-14-30,25(32)29-19-7-4-5-8-19)16-33-22-10-6-9-21-23(22)20(27)15-18(3)28-21;2-1-3/h6,9-10,15,17,19H,4-5,7-8,11-14,16H2,1-3H3,(H2,27,28)(H,29,32);. The Kier molecular flexibility index (Phi) is 9.04. The van der Waals surface area contributed by atoms with Gasteiger partial charge < -0.3 is 20.7 Å². The normalized spacial score (nSPS) is 17.3. The van der Waals surface area contributed by atoms with Gasteiger partial charge in [-0.25, -0.2) is 0 Å². The Morgan fingerprint density at radius 3 is 2.47 bits per heavy atom. The molecule has 3 N–H and O–H groups in total. The summed E-state index contributed by atoms with van der Waals surface area (Å²) in [6.07, 6.45) is 5.81. The highest BCUT2D eigenvalue weighted by Crippen LogP contribution is 2.37. The van der Waals surface area contributed by atoms with Crippen molar-refractivity contribution < 1.29 is 23.9 Å². The van der Waals surface area contributed by atoms with Crippen LogP contribution in [0.25, 0.3) is 10.9 Å². The van der Waals surface area contributed by atoms with Crippen LogP contribution in [0.3, 0.4) is 0 Å². The molecule has 194 valence electrons. The Balaban J connectivity index is 0.00000115. The Morgan fingerprint density at radius 2 is 1.86 bits per heavy atom. The third-order valence-corrected chi connectivity index (χ3v) is 7.16. The molecule has 1 aliphatic heterocycles. The molecule has 2 aromatic rings. The number of hydrogen-bond donors (Lipinski definition) is 2. The van der Waals surface area contributed by atoms with E-state index >= 15 is 0 Å². The van der Waals surface area contributed by atoms with E-state index in [4.69, 9.17) is 20.1 Å². The summed E-state index contributed by atoms with van der Waals surface area (Å²) in [7, 11) is 0. The predicted molar refractivity (Wildman–Crippen MR) is 135 cm³/mol. The number of hydrogen-bond acceptors (Lipinski definition) is 7. The van der Waals surface area contributed by atoms with Crippen molar-refractivity contribution in [1.29, 1.82) is 0 Å². The highest BCUT2D eigenvalue weighted by atomic mass is 16.5. The first-order chi connectivity index (χ1) is 17.2. The van der Waals surface area contributed by atoms with Crippen LogP contribution in [-0.2, 0) is 19.2 Å². The number of fused-ring (bicyclic) bond motifs is 1. The average molecular weight is 497 g/mol. The van der Waals surface area contributed by atoms with Crippen LogP contribution in [0.15, 0.2) is 24.3 Å². The van der Waals surface area contributed by atoms with E-state index in [1.165, 1.54) is 0 Å². The smallest absolute Gasteiger partial charge is 0.373 e. The number of nitrogens with one attached hydrogen (secondary N) is 1. The van der Waals surface area contributed by atoms with E-state index in [0.29, 0.717) is 37.4 Å². The zero-order chi connectivity index (χ0) is 26.3. The van der Waals surface area contributed by atoms with Crippen LogP contribution in [0.1, 0.15) is 58.1 Å². The minimum atomic E-state index is -0.675. The first-order valence-electron chi connectivity index (χ1n) is 12.6. The van der Waals surface area contributed by atoms with Crippen molar-refractivity contribution in [3.63, 3.8) is 0 Å². The second kappa shape index (κ2) is 12.0. The lowest BCUT2D eigenvalue weighted by atomic mass is 9.77. The molecule has 4 rings (SSSR count). The van der Waals surface area contributed by atoms with Crippen molar-refractivity contribution in [2.24, 2.45) is 11.3 Å². The lowest BCUT2D eigenvalue weighted by molar-refractivity contribution is -0.191. The molecule has 0 spiro atoms. The van der Waals surface area contributed by atoms with Crippen molar-refractivity contribution in [1.82, 2.24) is 15.2 Å². The number of aryl methyl sites for hydroxylation is 1. The lowest BCUT2D eigenvalue weighted by Gasteiger charge is -2.41. The quantitative estimate of drug-likeness (QED) is 0.627. The van der Waals surface area contributed by atoms with Crippen molar-refractivity contribution >= 4 is 34.6 Å².